The van der Waals surface area contributed by atoms with Gasteiger partial charge in [0, 0.05) is 16.6 Å². The molecule has 96 valence electrons. The van der Waals surface area contributed by atoms with Crippen molar-refractivity contribution in [2.24, 2.45) is 0 Å². The molecule has 2 heteroatoms. The first kappa shape index (κ1) is 11.8. The zero-order valence-corrected chi connectivity index (χ0v) is 11.0. The zero-order valence-electron chi connectivity index (χ0n) is 11.0. The largest absolute Gasteiger partial charge is 0.507 e. The molecule has 0 saturated heterocycles. The maximum atomic E-state index is 10.1. The SMILES string of the molecule is CCc1[nH]c2cccc(O)c2c1Cc1ccccc1. The summed E-state index contributed by atoms with van der Waals surface area (Å²) in [4.78, 5) is 3.41. The van der Waals surface area contributed by atoms with Crippen LogP contribution >= 0.6 is 0 Å². The van der Waals surface area contributed by atoms with E-state index in [0.717, 1.165) is 23.7 Å². The lowest BCUT2D eigenvalue weighted by molar-refractivity contribution is 0.481. The van der Waals surface area contributed by atoms with E-state index in [0.29, 0.717) is 5.75 Å². The third-order valence-corrected chi connectivity index (χ3v) is 3.57. The van der Waals surface area contributed by atoms with Crippen LogP contribution in [0.15, 0.2) is 48.5 Å². The highest BCUT2D eigenvalue weighted by atomic mass is 16.3. The molecule has 3 aromatic rings. The van der Waals surface area contributed by atoms with Crippen LogP contribution in [0, 0.1) is 0 Å². The van der Waals surface area contributed by atoms with E-state index in [1.807, 2.05) is 18.2 Å². The van der Waals surface area contributed by atoms with E-state index < -0.39 is 0 Å². The van der Waals surface area contributed by atoms with E-state index in [-0.39, 0.29) is 0 Å². The molecule has 0 amide bonds. The Bertz CT molecular complexity index is 698. The summed E-state index contributed by atoms with van der Waals surface area (Å²) in [5.41, 5.74) is 4.70. The van der Waals surface area contributed by atoms with Crippen molar-refractivity contribution >= 4 is 10.9 Å². The van der Waals surface area contributed by atoms with Crippen LogP contribution < -0.4 is 0 Å². The number of fused-ring (bicyclic) bond motifs is 1. The van der Waals surface area contributed by atoms with Crippen LogP contribution in [-0.4, -0.2) is 10.1 Å². The topological polar surface area (TPSA) is 36.0 Å². The van der Waals surface area contributed by atoms with Crippen LogP contribution in [0.1, 0.15) is 23.7 Å². The van der Waals surface area contributed by atoms with Gasteiger partial charge in [-0.05, 0) is 36.1 Å². The number of hydrogen-bond acceptors (Lipinski definition) is 1. The Labute approximate surface area is 112 Å². The maximum Gasteiger partial charge on any atom is 0.125 e. The van der Waals surface area contributed by atoms with E-state index >= 15 is 0 Å². The third kappa shape index (κ3) is 2.10. The number of benzene rings is 2. The number of aryl methyl sites for hydroxylation is 1. The molecular weight excluding hydrogens is 234 g/mol. The molecule has 2 N–H and O–H groups in total. The molecule has 0 spiro atoms. The van der Waals surface area contributed by atoms with Crippen LogP contribution in [0.25, 0.3) is 10.9 Å². The molecule has 1 heterocycles. The summed E-state index contributed by atoms with van der Waals surface area (Å²) < 4.78 is 0. The summed E-state index contributed by atoms with van der Waals surface area (Å²) >= 11 is 0. The number of nitrogens with one attached hydrogen (secondary N) is 1. The van der Waals surface area contributed by atoms with E-state index in [1.165, 1.54) is 16.8 Å². The van der Waals surface area contributed by atoms with Gasteiger partial charge in [0.25, 0.3) is 0 Å². The third-order valence-electron chi connectivity index (χ3n) is 3.57. The van der Waals surface area contributed by atoms with Gasteiger partial charge in [0.2, 0.25) is 0 Å². The van der Waals surface area contributed by atoms with Crippen molar-refractivity contribution in [3.05, 3.63) is 65.4 Å². The van der Waals surface area contributed by atoms with Gasteiger partial charge in [-0.3, -0.25) is 0 Å². The highest BCUT2D eigenvalue weighted by Gasteiger charge is 2.13. The minimum atomic E-state index is 0.361. The number of rotatable bonds is 3. The molecule has 0 fully saturated rings. The minimum absolute atomic E-state index is 0.361. The average molecular weight is 251 g/mol. The molecule has 1 aromatic heterocycles. The first-order chi connectivity index (χ1) is 9.29. The summed E-state index contributed by atoms with van der Waals surface area (Å²) in [5, 5.41) is 11.1. The van der Waals surface area contributed by atoms with Gasteiger partial charge in [0.15, 0.2) is 0 Å². The number of aromatic amines is 1. The minimum Gasteiger partial charge on any atom is -0.507 e. The number of H-pyrrole nitrogens is 1. The Kier molecular flexibility index (Phi) is 3.00. The number of phenols is 1. The maximum absolute atomic E-state index is 10.1. The molecule has 0 aliphatic carbocycles. The summed E-state index contributed by atoms with van der Waals surface area (Å²) in [6.07, 6.45) is 1.79. The Morgan fingerprint density at radius 1 is 1.00 bits per heavy atom. The normalized spacial score (nSPS) is 11.0. The van der Waals surface area contributed by atoms with Crippen molar-refractivity contribution in [3.8, 4) is 5.75 Å². The predicted octanol–water partition coefficient (Wildman–Crippen LogP) is 4.03. The number of aromatic nitrogens is 1. The van der Waals surface area contributed by atoms with E-state index in [9.17, 15) is 5.11 Å². The van der Waals surface area contributed by atoms with Gasteiger partial charge in [-0.15, -0.1) is 0 Å². The van der Waals surface area contributed by atoms with Crippen molar-refractivity contribution in [2.75, 3.05) is 0 Å². The lowest BCUT2D eigenvalue weighted by Crippen LogP contribution is -1.92. The molecule has 0 radical (unpaired) electrons. The molecule has 0 aliphatic rings. The van der Waals surface area contributed by atoms with E-state index in [2.05, 4.69) is 36.2 Å². The Morgan fingerprint density at radius 2 is 1.79 bits per heavy atom. The smallest absolute Gasteiger partial charge is 0.125 e. The van der Waals surface area contributed by atoms with E-state index in [1.54, 1.807) is 6.07 Å². The van der Waals surface area contributed by atoms with Crippen LogP contribution in [0.5, 0.6) is 5.75 Å². The fourth-order valence-electron chi connectivity index (χ4n) is 2.65. The highest BCUT2D eigenvalue weighted by Crippen LogP contribution is 2.32. The van der Waals surface area contributed by atoms with E-state index in [4.69, 9.17) is 0 Å². The Hall–Kier alpha value is -2.22. The van der Waals surface area contributed by atoms with Crippen LogP contribution in [0.4, 0.5) is 0 Å². The summed E-state index contributed by atoms with van der Waals surface area (Å²) in [7, 11) is 0. The quantitative estimate of drug-likeness (QED) is 0.724. The average Bonchev–Trinajstić information content (AvgIpc) is 2.79. The lowest BCUT2D eigenvalue weighted by Gasteiger charge is -2.04. The first-order valence-corrected chi connectivity index (χ1v) is 6.65. The van der Waals surface area contributed by atoms with Crippen molar-refractivity contribution in [1.29, 1.82) is 0 Å². The van der Waals surface area contributed by atoms with Gasteiger partial charge in [-0.1, -0.05) is 43.3 Å². The van der Waals surface area contributed by atoms with Crippen molar-refractivity contribution in [3.63, 3.8) is 0 Å². The monoisotopic (exact) mass is 251 g/mol. The fraction of sp³-hybridized carbons (Fsp3) is 0.176. The summed E-state index contributed by atoms with van der Waals surface area (Å²) in [6.45, 7) is 2.14. The molecule has 0 atom stereocenters. The van der Waals surface area contributed by atoms with Gasteiger partial charge >= 0.3 is 0 Å². The second kappa shape index (κ2) is 4.81. The molecule has 0 saturated carbocycles. The second-order valence-electron chi connectivity index (χ2n) is 4.80. The van der Waals surface area contributed by atoms with Crippen LogP contribution in [0.2, 0.25) is 0 Å². The van der Waals surface area contributed by atoms with Crippen molar-refractivity contribution in [1.82, 2.24) is 4.98 Å². The molecule has 3 rings (SSSR count). The predicted molar refractivity (Wildman–Crippen MR) is 78.6 cm³/mol. The van der Waals surface area contributed by atoms with Crippen molar-refractivity contribution in [2.45, 2.75) is 19.8 Å². The fourth-order valence-corrected chi connectivity index (χ4v) is 2.65. The number of hydrogen-bond donors (Lipinski definition) is 2. The molecular formula is C17H17NO. The summed E-state index contributed by atoms with van der Waals surface area (Å²) in [5.74, 6) is 0.361. The molecule has 0 aliphatic heterocycles. The van der Waals surface area contributed by atoms with Crippen LogP contribution in [-0.2, 0) is 12.8 Å². The Balaban J connectivity index is 2.16. The van der Waals surface area contributed by atoms with Gasteiger partial charge < -0.3 is 10.1 Å². The summed E-state index contributed by atoms with van der Waals surface area (Å²) in [6, 6.07) is 16.0. The number of aromatic hydroxyl groups is 1. The van der Waals surface area contributed by atoms with Gasteiger partial charge in [0.1, 0.15) is 5.75 Å². The van der Waals surface area contributed by atoms with Gasteiger partial charge in [-0.25, -0.2) is 0 Å². The highest BCUT2D eigenvalue weighted by molar-refractivity contribution is 5.90. The molecule has 0 bridgehead atoms. The molecule has 2 aromatic carbocycles. The van der Waals surface area contributed by atoms with Crippen molar-refractivity contribution < 1.29 is 5.11 Å². The molecule has 19 heavy (non-hydrogen) atoms. The zero-order chi connectivity index (χ0) is 13.2. The first-order valence-electron chi connectivity index (χ1n) is 6.65. The molecule has 2 nitrogen and oxygen atoms in total. The van der Waals surface area contributed by atoms with Gasteiger partial charge in [0.05, 0.1) is 0 Å². The van der Waals surface area contributed by atoms with Crippen LogP contribution in [0.3, 0.4) is 0 Å². The van der Waals surface area contributed by atoms with Gasteiger partial charge in [-0.2, -0.15) is 0 Å². The molecule has 0 unspecified atom stereocenters. The lowest BCUT2D eigenvalue weighted by atomic mass is 10.0. The number of phenolic OH excluding ortho intramolecular Hbond substituents is 1. The second-order valence-corrected chi connectivity index (χ2v) is 4.80. The Morgan fingerprint density at radius 3 is 2.53 bits per heavy atom. The standard InChI is InChI=1S/C17H17NO/c1-2-14-13(11-12-7-4-3-5-8-12)17-15(18-14)9-6-10-16(17)19/h3-10,18-19H,2,11H2,1H3.